The number of nitrogens with zero attached hydrogens (tertiary/aromatic N) is 2. The molecule has 0 saturated carbocycles. The third-order valence-electron chi connectivity index (χ3n) is 5.26. The summed E-state index contributed by atoms with van der Waals surface area (Å²) in [5.74, 6) is -0.652. The van der Waals surface area contributed by atoms with Gasteiger partial charge in [-0.1, -0.05) is 71.2 Å². The summed E-state index contributed by atoms with van der Waals surface area (Å²) in [5.41, 5.74) is 0.637. The number of rotatable bonds is 4. The van der Waals surface area contributed by atoms with Crippen molar-refractivity contribution in [2.45, 2.75) is 9.96 Å². The highest BCUT2D eigenvalue weighted by Gasteiger charge is 2.40. The molecule has 1 fully saturated rings. The van der Waals surface area contributed by atoms with Gasteiger partial charge in [0.05, 0.1) is 0 Å². The molecule has 2 aromatic carbocycles. The minimum atomic E-state index is -1.79. The number of amides is 1. The zero-order valence-corrected chi connectivity index (χ0v) is 18.7. The van der Waals surface area contributed by atoms with Gasteiger partial charge < -0.3 is 14.6 Å². The van der Waals surface area contributed by atoms with Crippen molar-refractivity contribution >= 4 is 57.4 Å². The maximum absolute atomic E-state index is 12.9. The number of hydrogen-bond donors (Lipinski definition) is 1. The molecule has 162 valence electrons. The molecule has 1 amide bonds. The number of hydrogen-bond acceptors (Lipinski definition) is 5. The van der Waals surface area contributed by atoms with Crippen LogP contribution in [0.3, 0.4) is 0 Å². The lowest BCUT2D eigenvalue weighted by Crippen LogP contribution is -2.61. The summed E-state index contributed by atoms with van der Waals surface area (Å²) in [6.45, 7) is 2.55. The Morgan fingerprint density at radius 1 is 0.968 bits per heavy atom. The van der Waals surface area contributed by atoms with Gasteiger partial charge in [-0.25, -0.2) is 4.79 Å². The molecule has 2 heterocycles. The molecule has 1 atom stereocenters. The smallest absolute Gasteiger partial charge is 0.349 e. The molecular formula is C22H20Cl3N3O3. The Labute approximate surface area is 194 Å². The van der Waals surface area contributed by atoms with Gasteiger partial charge >= 0.3 is 5.63 Å². The third kappa shape index (κ3) is 4.99. The first-order valence-electron chi connectivity index (χ1n) is 9.77. The predicted octanol–water partition coefficient (Wildman–Crippen LogP) is 4.04. The van der Waals surface area contributed by atoms with Gasteiger partial charge in [-0.3, -0.25) is 9.69 Å². The molecule has 31 heavy (non-hydrogen) atoms. The van der Waals surface area contributed by atoms with E-state index in [9.17, 15) is 9.59 Å². The van der Waals surface area contributed by atoms with E-state index in [0.29, 0.717) is 37.1 Å². The lowest BCUT2D eigenvalue weighted by molar-refractivity contribution is 0.0837. The number of carbonyl (C=O) groups excluding carboxylic acids is 1. The second-order valence-electron chi connectivity index (χ2n) is 7.26. The summed E-state index contributed by atoms with van der Waals surface area (Å²) >= 11 is 18.6. The molecule has 1 unspecified atom stereocenters. The van der Waals surface area contributed by atoms with E-state index in [2.05, 4.69) is 10.2 Å². The van der Waals surface area contributed by atoms with Crippen LogP contribution in [-0.2, 0) is 0 Å². The van der Waals surface area contributed by atoms with E-state index >= 15 is 0 Å². The minimum absolute atomic E-state index is 0.138. The number of anilines is 1. The molecule has 0 radical (unpaired) electrons. The number of benzene rings is 2. The average Bonchev–Trinajstić information content (AvgIpc) is 2.77. The lowest BCUT2D eigenvalue weighted by atomic mass is 10.1. The molecule has 0 bridgehead atoms. The van der Waals surface area contributed by atoms with E-state index in [1.165, 1.54) is 6.07 Å². The van der Waals surface area contributed by atoms with Gasteiger partial charge in [-0.05, 0) is 24.3 Å². The largest absolute Gasteiger partial charge is 0.422 e. The summed E-state index contributed by atoms with van der Waals surface area (Å²) < 4.78 is 3.46. The van der Waals surface area contributed by atoms with Crippen molar-refractivity contribution in [3.63, 3.8) is 0 Å². The summed E-state index contributed by atoms with van der Waals surface area (Å²) in [7, 11) is 0. The molecule has 0 spiro atoms. The van der Waals surface area contributed by atoms with Gasteiger partial charge in [0, 0.05) is 37.3 Å². The van der Waals surface area contributed by atoms with Crippen molar-refractivity contribution in [2.75, 3.05) is 31.1 Å². The van der Waals surface area contributed by atoms with Crippen molar-refractivity contribution < 1.29 is 9.21 Å². The van der Waals surface area contributed by atoms with Crippen molar-refractivity contribution in [3.05, 3.63) is 76.6 Å². The van der Waals surface area contributed by atoms with Crippen molar-refractivity contribution in [1.82, 2.24) is 10.2 Å². The van der Waals surface area contributed by atoms with Crippen LogP contribution in [0.5, 0.6) is 0 Å². The Hall–Kier alpha value is -2.25. The van der Waals surface area contributed by atoms with Crippen LogP contribution in [-0.4, -0.2) is 46.9 Å². The number of halogens is 3. The highest BCUT2D eigenvalue weighted by atomic mass is 35.6. The zero-order valence-electron chi connectivity index (χ0n) is 16.4. The van der Waals surface area contributed by atoms with Crippen LogP contribution < -0.4 is 15.8 Å². The minimum Gasteiger partial charge on any atom is -0.422 e. The van der Waals surface area contributed by atoms with Crippen LogP contribution >= 0.6 is 34.8 Å². The van der Waals surface area contributed by atoms with Crippen molar-refractivity contribution in [1.29, 1.82) is 0 Å². The van der Waals surface area contributed by atoms with Crippen molar-refractivity contribution in [2.24, 2.45) is 0 Å². The highest BCUT2D eigenvalue weighted by Crippen LogP contribution is 2.33. The van der Waals surface area contributed by atoms with Crippen LogP contribution in [0.15, 0.2) is 69.9 Å². The quantitative estimate of drug-likeness (QED) is 0.451. The van der Waals surface area contributed by atoms with Gasteiger partial charge in [0.15, 0.2) is 0 Å². The molecule has 1 N–H and O–H groups in total. The molecule has 1 saturated heterocycles. The number of carbonyl (C=O) groups is 1. The Morgan fingerprint density at radius 3 is 2.29 bits per heavy atom. The van der Waals surface area contributed by atoms with Crippen LogP contribution in [0.2, 0.25) is 0 Å². The Balaban J connectivity index is 1.51. The number of alkyl halides is 3. The van der Waals surface area contributed by atoms with E-state index < -0.39 is 21.5 Å². The van der Waals surface area contributed by atoms with E-state index in [4.69, 9.17) is 39.2 Å². The SMILES string of the molecule is O=C(NC(N1CCN(c2ccccc2)CC1)C(Cl)(Cl)Cl)c1cc2ccccc2oc1=O. The number of fused-ring (bicyclic) bond motifs is 1. The second kappa shape index (κ2) is 9.09. The fourth-order valence-electron chi connectivity index (χ4n) is 3.68. The van der Waals surface area contributed by atoms with Crippen LogP contribution in [0, 0.1) is 0 Å². The number of nitrogens with one attached hydrogen (secondary N) is 1. The molecular weight excluding hydrogens is 461 g/mol. The summed E-state index contributed by atoms with van der Waals surface area (Å²) in [6.07, 6.45) is -0.909. The molecule has 1 aliphatic heterocycles. The van der Waals surface area contributed by atoms with Crippen LogP contribution in [0.1, 0.15) is 10.4 Å². The van der Waals surface area contributed by atoms with E-state index in [1.807, 2.05) is 35.2 Å². The first kappa shape index (κ1) is 22.0. The zero-order chi connectivity index (χ0) is 22.0. The van der Waals surface area contributed by atoms with E-state index in [1.54, 1.807) is 24.3 Å². The maximum atomic E-state index is 12.9. The fraction of sp³-hybridized carbons (Fsp3) is 0.273. The lowest BCUT2D eigenvalue weighted by Gasteiger charge is -2.42. The standard InChI is InChI=1S/C22H20Cl3N3O3/c23-22(24,25)21(28-12-10-27(11-13-28)16-7-2-1-3-8-16)26-19(29)17-14-15-6-4-5-9-18(15)31-20(17)30/h1-9,14,21H,10-13H2,(H,26,29). The van der Waals surface area contributed by atoms with Gasteiger partial charge in [0.25, 0.3) is 5.91 Å². The van der Waals surface area contributed by atoms with Crippen LogP contribution in [0.4, 0.5) is 5.69 Å². The average molecular weight is 481 g/mol. The Morgan fingerprint density at radius 2 is 1.61 bits per heavy atom. The van der Waals surface area contributed by atoms with Crippen molar-refractivity contribution in [3.8, 4) is 0 Å². The van der Waals surface area contributed by atoms with Gasteiger partial charge in [0.1, 0.15) is 17.3 Å². The molecule has 0 aliphatic carbocycles. The molecule has 4 rings (SSSR count). The third-order valence-corrected chi connectivity index (χ3v) is 5.88. The normalized spacial score (nSPS) is 16.3. The number of piperazine rings is 1. The first-order valence-corrected chi connectivity index (χ1v) is 10.9. The Bertz CT molecular complexity index is 1120. The van der Waals surface area contributed by atoms with E-state index in [0.717, 1.165) is 5.69 Å². The fourth-order valence-corrected chi connectivity index (χ4v) is 4.26. The van der Waals surface area contributed by atoms with Gasteiger partial charge in [-0.2, -0.15) is 0 Å². The molecule has 1 aromatic heterocycles. The van der Waals surface area contributed by atoms with E-state index in [-0.39, 0.29) is 5.56 Å². The van der Waals surface area contributed by atoms with Crippen LogP contribution in [0.25, 0.3) is 11.0 Å². The molecule has 1 aliphatic rings. The maximum Gasteiger partial charge on any atom is 0.349 e. The molecule has 6 nitrogen and oxygen atoms in total. The topological polar surface area (TPSA) is 65.8 Å². The second-order valence-corrected chi connectivity index (χ2v) is 9.63. The monoisotopic (exact) mass is 479 g/mol. The van der Waals surface area contributed by atoms with Gasteiger partial charge in [-0.15, -0.1) is 0 Å². The Kier molecular flexibility index (Phi) is 6.44. The summed E-state index contributed by atoms with van der Waals surface area (Å²) in [6, 6.07) is 18.5. The predicted molar refractivity (Wildman–Crippen MR) is 124 cm³/mol. The highest BCUT2D eigenvalue weighted by molar-refractivity contribution is 6.68. The first-order chi connectivity index (χ1) is 14.8. The molecule has 3 aromatic rings. The molecule has 9 heteroatoms. The van der Waals surface area contributed by atoms with Gasteiger partial charge in [0.2, 0.25) is 3.79 Å². The number of para-hydroxylation sites is 2. The summed E-state index contributed by atoms with van der Waals surface area (Å²) in [5, 5.41) is 3.35. The summed E-state index contributed by atoms with van der Waals surface area (Å²) in [4.78, 5) is 29.4.